The molecule has 0 saturated carbocycles. The van der Waals surface area contributed by atoms with Crippen molar-refractivity contribution >= 4 is 12.2 Å². The molecule has 0 aliphatic carbocycles. The van der Waals surface area contributed by atoms with Crippen LogP contribution in [0.3, 0.4) is 0 Å². The SMILES string of the molecule is COc1ccccc1CN(C)c1ncc(C=O)cn1. The van der Waals surface area contributed by atoms with Crippen molar-refractivity contribution in [2.24, 2.45) is 0 Å². The lowest BCUT2D eigenvalue weighted by atomic mass is 10.2. The Labute approximate surface area is 111 Å². The van der Waals surface area contributed by atoms with Gasteiger partial charge in [-0.15, -0.1) is 0 Å². The van der Waals surface area contributed by atoms with E-state index in [-0.39, 0.29) is 0 Å². The van der Waals surface area contributed by atoms with Crippen molar-refractivity contribution < 1.29 is 9.53 Å². The summed E-state index contributed by atoms with van der Waals surface area (Å²) in [5, 5.41) is 0. The fraction of sp³-hybridized carbons (Fsp3) is 0.214. The van der Waals surface area contributed by atoms with E-state index in [9.17, 15) is 4.79 Å². The highest BCUT2D eigenvalue weighted by Crippen LogP contribution is 2.20. The number of rotatable bonds is 5. The Balaban J connectivity index is 2.15. The van der Waals surface area contributed by atoms with E-state index in [2.05, 4.69) is 9.97 Å². The fourth-order valence-corrected chi connectivity index (χ4v) is 1.75. The number of para-hydroxylation sites is 1. The van der Waals surface area contributed by atoms with Gasteiger partial charge in [0.2, 0.25) is 5.95 Å². The summed E-state index contributed by atoms with van der Waals surface area (Å²) < 4.78 is 5.30. The van der Waals surface area contributed by atoms with E-state index in [0.29, 0.717) is 18.1 Å². The number of benzene rings is 1. The molecule has 98 valence electrons. The van der Waals surface area contributed by atoms with Crippen LogP contribution in [-0.2, 0) is 6.54 Å². The number of carbonyl (C=O) groups is 1. The highest BCUT2D eigenvalue weighted by molar-refractivity contribution is 5.73. The van der Waals surface area contributed by atoms with Crippen LogP contribution >= 0.6 is 0 Å². The fourth-order valence-electron chi connectivity index (χ4n) is 1.75. The van der Waals surface area contributed by atoms with Crippen LogP contribution in [0, 0.1) is 0 Å². The highest BCUT2D eigenvalue weighted by Gasteiger charge is 2.08. The average molecular weight is 257 g/mol. The van der Waals surface area contributed by atoms with Gasteiger partial charge in [0.25, 0.3) is 0 Å². The lowest BCUT2D eigenvalue weighted by Crippen LogP contribution is -2.19. The zero-order chi connectivity index (χ0) is 13.7. The van der Waals surface area contributed by atoms with Gasteiger partial charge >= 0.3 is 0 Å². The van der Waals surface area contributed by atoms with Gasteiger partial charge in [-0.3, -0.25) is 4.79 Å². The van der Waals surface area contributed by atoms with Crippen LogP contribution < -0.4 is 9.64 Å². The third kappa shape index (κ3) is 3.07. The largest absolute Gasteiger partial charge is 0.496 e. The minimum absolute atomic E-state index is 0.467. The molecule has 0 aliphatic heterocycles. The first-order valence-electron chi connectivity index (χ1n) is 5.85. The highest BCUT2D eigenvalue weighted by atomic mass is 16.5. The summed E-state index contributed by atoms with van der Waals surface area (Å²) in [5.74, 6) is 1.40. The predicted molar refractivity (Wildman–Crippen MR) is 72.5 cm³/mol. The van der Waals surface area contributed by atoms with E-state index in [0.717, 1.165) is 17.6 Å². The summed E-state index contributed by atoms with van der Waals surface area (Å²) >= 11 is 0. The van der Waals surface area contributed by atoms with Gasteiger partial charge in [0, 0.05) is 31.5 Å². The summed E-state index contributed by atoms with van der Waals surface area (Å²) in [6.45, 7) is 0.629. The van der Waals surface area contributed by atoms with Crippen molar-refractivity contribution in [1.29, 1.82) is 0 Å². The van der Waals surface area contributed by atoms with E-state index in [1.54, 1.807) is 7.11 Å². The Bertz CT molecular complexity index is 555. The van der Waals surface area contributed by atoms with E-state index < -0.39 is 0 Å². The van der Waals surface area contributed by atoms with Crippen molar-refractivity contribution in [1.82, 2.24) is 9.97 Å². The maximum absolute atomic E-state index is 10.6. The minimum Gasteiger partial charge on any atom is -0.496 e. The molecule has 0 fully saturated rings. The number of hydrogen-bond donors (Lipinski definition) is 0. The lowest BCUT2D eigenvalue weighted by molar-refractivity contribution is 0.112. The summed E-state index contributed by atoms with van der Waals surface area (Å²) in [4.78, 5) is 20.7. The predicted octanol–water partition coefficient (Wildman–Crippen LogP) is 1.93. The maximum atomic E-state index is 10.6. The zero-order valence-corrected chi connectivity index (χ0v) is 10.9. The van der Waals surface area contributed by atoms with Crippen LogP contribution in [0.5, 0.6) is 5.75 Å². The Kier molecular flexibility index (Phi) is 4.07. The quantitative estimate of drug-likeness (QED) is 0.766. The van der Waals surface area contributed by atoms with E-state index >= 15 is 0 Å². The number of hydrogen-bond acceptors (Lipinski definition) is 5. The zero-order valence-electron chi connectivity index (χ0n) is 10.9. The third-order valence-corrected chi connectivity index (χ3v) is 2.74. The standard InChI is InChI=1S/C14H15N3O2/c1-17(14-15-7-11(10-18)8-16-14)9-12-5-3-4-6-13(12)19-2/h3-8,10H,9H2,1-2H3. The van der Waals surface area contributed by atoms with Crippen molar-refractivity contribution in [3.63, 3.8) is 0 Å². The molecule has 0 aliphatic rings. The van der Waals surface area contributed by atoms with Crippen LogP contribution in [0.15, 0.2) is 36.7 Å². The molecule has 0 N–H and O–H groups in total. The van der Waals surface area contributed by atoms with Gasteiger partial charge in [-0.25, -0.2) is 9.97 Å². The molecule has 0 radical (unpaired) electrons. The monoisotopic (exact) mass is 257 g/mol. The molecular formula is C14H15N3O2. The number of methoxy groups -OCH3 is 1. The van der Waals surface area contributed by atoms with Gasteiger partial charge in [0.1, 0.15) is 5.75 Å². The second kappa shape index (κ2) is 5.95. The van der Waals surface area contributed by atoms with Crippen LogP contribution in [0.4, 0.5) is 5.95 Å². The Morgan fingerprint density at radius 2 is 1.95 bits per heavy atom. The molecule has 1 aromatic heterocycles. The molecule has 0 saturated heterocycles. The van der Waals surface area contributed by atoms with Crippen LogP contribution in [-0.4, -0.2) is 30.4 Å². The normalized spacial score (nSPS) is 10.0. The molecule has 5 heteroatoms. The van der Waals surface area contributed by atoms with Gasteiger partial charge < -0.3 is 9.64 Å². The van der Waals surface area contributed by atoms with Crippen molar-refractivity contribution in [3.8, 4) is 5.75 Å². The maximum Gasteiger partial charge on any atom is 0.225 e. The first-order valence-corrected chi connectivity index (χ1v) is 5.85. The van der Waals surface area contributed by atoms with Gasteiger partial charge in [-0.2, -0.15) is 0 Å². The average Bonchev–Trinajstić information content (AvgIpc) is 2.48. The Hall–Kier alpha value is -2.43. The molecule has 0 spiro atoms. The summed E-state index contributed by atoms with van der Waals surface area (Å²) in [5.41, 5.74) is 1.52. The Morgan fingerprint density at radius 1 is 1.26 bits per heavy atom. The number of aromatic nitrogens is 2. The van der Waals surface area contributed by atoms with Gasteiger partial charge in [-0.1, -0.05) is 18.2 Å². The number of ether oxygens (including phenoxy) is 1. The molecule has 2 aromatic rings. The molecule has 1 aromatic carbocycles. The minimum atomic E-state index is 0.467. The number of nitrogens with zero attached hydrogens (tertiary/aromatic N) is 3. The van der Waals surface area contributed by atoms with E-state index in [1.807, 2.05) is 36.2 Å². The summed E-state index contributed by atoms with van der Waals surface area (Å²) in [6, 6.07) is 7.80. The number of aldehydes is 1. The van der Waals surface area contributed by atoms with Crippen molar-refractivity contribution in [3.05, 3.63) is 47.8 Å². The lowest BCUT2D eigenvalue weighted by Gasteiger charge is -2.18. The summed E-state index contributed by atoms with van der Waals surface area (Å²) in [7, 11) is 3.54. The molecule has 0 bridgehead atoms. The number of anilines is 1. The molecule has 0 amide bonds. The number of carbonyl (C=O) groups excluding carboxylic acids is 1. The summed E-state index contributed by atoms with van der Waals surface area (Å²) in [6.07, 6.45) is 3.74. The van der Waals surface area contributed by atoms with E-state index in [1.165, 1.54) is 12.4 Å². The van der Waals surface area contributed by atoms with Crippen LogP contribution in [0.1, 0.15) is 15.9 Å². The second-order valence-electron chi connectivity index (χ2n) is 4.10. The van der Waals surface area contributed by atoms with Gasteiger partial charge in [-0.05, 0) is 6.07 Å². The first kappa shape index (κ1) is 13.0. The molecule has 0 atom stereocenters. The molecule has 0 unspecified atom stereocenters. The molecule has 1 heterocycles. The molecule has 5 nitrogen and oxygen atoms in total. The van der Waals surface area contributed by atoms with Crippen molar-refractivity contribution in [2.45, 2.75) is 6.54 Å². The molecular weight excluding hydrogens is 242 g/mol. The third-order valence-electron chi connectivity index (χ3n) is 2.74. The second-order valence-corrected chi connectivity index (χ2v) is 4.10. The van der Waals surface area contributed by atoms with Crippen LogP contribution in [0.2, 0.25) is 0 Å². The smallest absolute Gasteiger partial charge is 0.225 e. The Morgan fingerprint density at radius 3 is 2.58 bits per heavy atom. The molecule has 2 rings (SSSR count). The molecule has 19 heavy (non-hydrogen) atoms. The van der Waals surface area contributed by atoms with E-state index in [4.69, 9.17) is 4.74 Å². The van der Waals surface area contributed by atoms with Crippen LogP contribution in [0.25, 0.3) is 0 Å². The van der Waals surface area contributed by atoms with Crippen molar-refractivity contribution in [2.75, 3.05) is 19.1 Å². The van der Waals surface area contributed by atoms with Gasteiger partial charge in [0.05, 0.1) is 12.7 Å². The van der Waals surface area contributed by atoms with Gasteiger partial charge in [0.15, 0.2) is 6.29 Å². The first-order chi connectivity index (χ1) is 9.24. The topological polar surface area (TPSA) is 55.3 Å².